The van der Waals surface area contributed by atoms with E-state index in [2.05, 4.69) is 6.58 Å². The number of rotatable bonds is 4. The molecule has 1 amide bonds. The normalized spacial score (nSPS) is 22.6. The molecule has 6 heteroatoms. The van der Waals surface area contributed by atoms with Crippen molar-refractivity contribution in [2.45, 2.75) is 18.5 Å². The van der Waals surface area contributed by atoms with Gasteiger partial charge in [0.1, 0.15) is 0 Å². The van der Waals surface area contributed by atoms with Crippen LogP contribution in [0.1, 0.15) is 6.42 Å². The molecule has 0 spiro atoms. The summed E-state index contributed by atoms with van der Waals surface area (Å²) in [5.74, 6) is -1.44. The quantitative estimate of drug-likeness (QED) is 0.615. The number of hydrogen-bond acceptors (Lipinski definition) is 4. The lowest BCUT2D eigenvalue weighted by Crippen LogP contribution is -2.56. The number of carbonyl (C=O) groups excluding carboxylic acids is 1. The Kier molecular flexibility index (Phi) is 4.45. The third-order valence-electron chi connectivity index (χ3n) is 2.43. The molecule has 0 aromatic rings. The highest BCUT2D eigenvalue weighted by atomic mass is 16.5. The lowest BCUT2D eigenvalue weighted by atomic mass is 10.1. The number of carbonyl (C=O) groups is 2. The molecule has 3 N–H and O–H groups in total. The molecule has 0 saturated carbocycles. The molecule has 1 rings (SSSR count). The Balaban J connectivity index is 2.70. The van der Waals surface area contributed by atoms with E-state index in [0.29, 0.717) is 13.0 Å². The number of carboxylic acids is 1. The van der Waals surface area contributed by atoms with E-state index in [-0.39, 0.29) is 19.1 Å². The first-order chi connectivity index (χ1) is 7.57. The molecule has 0 aromatic heterocycles. The summed E-state index contributed by atoms with van der Waals surface area (Å²) in [6.45, 7) is 4.11. The van der Waals surface area contributed by atoms with Crippen molar-refractivity contribution in [3.63, 3.8) is 0 Å². The third kappa shape index (κ3) is 2.80. The van der Waals surface area contributed by atoms with Gasteiger partial charge in [-0.25, -0.2) is 4.79 Å². The van der Waals surface area contributed by atoms with Crippen LogP contribution in [-0.4, -0.2) is 53.7 Å². The van der Waals surface area contributed by atoms with Gasteiger partial charge in [0, 0.05) is 6.54 Å². The molecule has 16 heavy (non-hydrogen) atoms. The number of nitrogens with zero attached hydrogens (tertiary/aromatic N) is 1. The summed E-state index contributed by atoms with van der Waals surface area (Å²) in [5.41, 5.74) is 5.62. The minimum atomic E-state index is -1.07. The van der Waals surface area contributed by atoms with Crippen LogP contribution in [0.5, 0.6) is 0 Å². The van der Waals surface area contributed by atoms with Gasteiger partial charge in [0.15, 0.2) is 6.04 Å². The number of hydrogen-bond donors (Lipinski definition) is 2. The van der Waals surface area contributed by atoms with Gasteiger partial charge in [-0.1, -0.05) is 6.08 Å². The van der Waals surface area contributed by atoms with E-state index in [1.54, 1.807) is 6.08 Å². The first-order valence-corrected chi connectivity index (χ1v) is 5.05. The maximum Gasteiger partial charge on any atom is 0.328 e. The average Bonchev–Trinajstić information content (AvgIpc) is 2.28. The Morgan fingerprint density at radius 3 is 2.94 bits per heavy atom. The second kappa shape index (κ2) is 5.62. The third-order valence-corrected chi connectivity index (χ3v) is 2.43. The number of ether oxygens (including phenoxy) is 1. The lowest BCUT2D eigenvalue weighted by Gasteiger charge is -2.34. The van der Waals surface area contributed by atoms with Crippen molar-refractivity contribution in [3.8, 4) is 0 Å². The van der Waals surface area contributed by atoms with Gasteiger partial charge in [-0.2, -0.15) is 0 Å². The number of amides is 1. The van der Waals surface area contributed by atoms with Crippen LogP contribution in [0, 0.1) is 0 Å². The van der Waals surface area contributed by atoms with Crippen LogP contribution in [0.15, 0.2) is 12.7 Å². The van der Waals surface area contributed by atoms with Crippen molar-refractivity contribution >= 4 is 11.9 Å². The van der Waals surface area contributed by atoms with E-state index in [0.717, 1.165) is 0 Å². The average molecular weight is 228 g/mol. The van der Waals surface area contributed by atoms with Gasteiger partial charge in [0.25, 0.3) is 0 Å². The summed E-state index contributed by atoms with van der Waals surface area (Å²) in [6, 6.07) is -1.66. The Hall–Kier alpha value is -1.40. The van der Waals surface area contributed by atoms with Crippen LogP contribution in [0.2, 0.25) is 0 Å². The zero-order chi connectivity index (χ0) is 12.1. The number of morpholine rings is 1. The Labute approximate surface area is 93.7 Å². The predicted octanol–water partition coefficient (Wildman–Crippen LogP) is -0.798. The van der Waals surface area contributed by atoms with Gasteiger partial charge in [-0.3, -0.25) is 4.79 Å². The van der Waals surface area contributed by atoms with Crippen molar-refractivity contribution in [1.29, 1.82) is 0 Å². The number of aliphatic carboxylic acids is 1. The van der Waals surface area contributed by atoms with Crippen LogP contribution in [0.4, 0.5) is 0 Å². The van der Waals surface area contributed by atoms with E-state index >= 15 is 0 Å². The molecule has 2 unspecified atom stereocenters. The molecule has 0 radical (unpaired) electrons. The topological polar surface area (TPSA) is 92.9 Å². The van der Waals surface area contributed by atoms with E-state index in [1.165, 1.54) is 4.90 Å². The van der Waals surface area contributed by atoms with Crippen molar-refractivity contribution in [1.82, 2.24) is 4.90 Å². The minimum absolute atomic E-state index is 0.0158. The lowest BCUT2D eigenvalue weighted by molar-refractivity contribution is -0.158. The predicted molar refractivity (Wildman–Crippen MR) is 56.7 cm³/mol. The Morgan fingerprint density at radius 2 is 2.38 bits per heavy atom. The van der Waals surface area contributed by atoms with Crippen molar-refractivity contribution in [3.05, 3.63) is 12.7 Å². The van der Waals surface area contributed by atoms with E-state index < -0.39 is 18.1 Å². The smallest absolute Gasteiger partial charge is 0.328 e. The minimum Gasteiger partial charge on any atom is -0.480 e. The fourth-order valence-electron chi connectivity index (χ4n) is 1.57. The van der Waals surface area contributed by atoms with Crippen LogP contribution in [0.3, 0.4) is 0 Å². The van der Waals surface area contributed by atoms with Crippen molar-refractivity contribution < 1.29 is 19.4 Å². The fraction of sp³-hybridized carbons (Fsp3) is 0.600. The summed E-state index contributed by atoms with van der Waals surface area (Å²) < 4.78 is 5.03. The summed E-state index contributed by atoms with van der Waals surface area (Å²) in [4.78, 5) is 24.0. The molecule has 6 nitrogen and oxygen atoms in total. The summed E-state index contributed by atoms with van der Waals surface area (Å²) in [7, 11) is 0. The molecule has 90 valence electrons. The second-order valence-electron chi connectivity index (χ2n) is 3.59. The van der Waals surface area contributed by atoms with Gasteiger partial charge >= 0.3 is 5.97 Å². The van der Waals surface area contributed by atoms with Crippen LogP contribution >= 0.6 is 0 Å². The monoisotopic (exact) mass is 228 g/mol. The number of nitrogens with two attached hydrogens (primary N) is 1. The van der Waals surface area contributed by atoms with Crippen molar-refractivity contribution in [2.75, 3.05) is 19.8 Å². The molecule has 1 aliphatic rings. The van der Waals surface area contributed by atoms with Crippen LogP contribution in [0.25, 0.3) is 0 Å². The molecule has 2 atom stereocenters. The van der Waals surface area contributed by atoms with Crippen LogP contribution < -0.4 is 5.73 Å². The summed E-state index contributed by atoms with van der Waals surface area (Å²) >= 11 is 0. The first-order valence-electron chi connectivity index (χ1n) is 5.05. The van der Waals surface area contributed by atoms with Crippen molar-refractivity contribution in [2.24, 2.45) is 5.73 Å². The van der Waals surface area contributed by atoms with Gasteiger partial charge in [-0.15, -0.1) is 6.58 Å². The molecular formula is C10H16N2O4. The highest BCUT2D eigenvalue weighted by Gasteiger charge is 2.34. The number of carboxylic acid groups (broad SMARTS) is 1. The second-order valence-corrected chi connectivity index (χ2v) is 3.59. The zero-order valence-electron chi connectivity index (χ0n) is 8.96. The van der Waals surface area contributed by atoms with Gasteiger partial charge < -0.3 is 20.5 Å². The van der Waals surface area contributed by atoms with E-state index in [9.17, 15) is 9.59 Å². The largest absolute Gasteiger partial charge is 0.480 e. The highest BCUT2D eigenvalue weighted by molar-refractivity contribution is 5.87. The maximum absolute atomic E-state index is 11.8. The molecule has 0 aromatic carbocycles. The SMILES string of the molecule is C=CCC(N)C(=O)N1CCOCC1C(=O)O. The molecule has 1 fully saturated rings. The fourth-order valence-corrected chi connectivity index (χ4v) is 1.57. The van der Waals surface area contributed by atoms with Gasteiger partial charge in [-0.05, 0) is 6.42 Å². The summed E-state index contributed by atoms with van der Waals surface area (Å²) in [5, 5.41) is 8.93. The molecule has 1 aliphatic heterocycles. The van der Waals surface area contributed by atoms with Gasteiger partial charge in [0.2, 0.25) is 5.91 Å². The van der Waals surface area contributed by atoms with E-state index in [4.69, 9.17) is 15.6 Å². The molecule has 0 aliphatic carbocycles. The summed E-state index contributed by atoms with van der Waals surface area (Å²) in [6.07, 6.45) is 1.88. The standard InChI is InChI=1S/C10H16N2O4/c1-2-3-7(11)9(13)12-4-5-16-6-8(12)10(14)15/h2,7-8H,1,3-6,11H2,(H,14,15). The molecular weight excluding hydrogens is 212 g/mol. The van der Waals surface area contributed by atoms with E-state index in [1.807, 2.05) is 0 Å². The van der Waals surface area contributed by atoms with Gasteiger partial charge in [0.05, 0.1) is 19.3 Å². The Morgan fingerprint density at radius 1 is 1.69 bits per heavy atom. The molecule has 1 saturated heterocycles. The zero-order valence-corrected chi connectivity index (χ0v) is 8.96. The van der Waals surface area contributed by atoms with Crippen LogP contribution in [-0.2, 0) is 14.3 Å². The molecule has 0 bridgehead atoms. The molecule has 1 heterocycles. The maximum atomic E-state index is 11.8. The highest BCUT2D eigenvalue weighted by Crippen LogP contribution is 2.10. The first kappa shape index (κ1) is 12.7. The Bertz CT molecular complexity index is 293.